The van der Waals surface area contributed by atoms with Crippen molar-refractivity contribution < 1.29 is 8.42 Å². The molecule has 2 atom stereocenters. The molecule has 1 aromatic rings. The second-order valence-corrected chi connectivity index (χ2v) is 7.87. The van der Waals surface area contributed by atoms with Crippen LogP contribution in [0.2, 0.25) is 0 Å². The monoisotopic (exact) mass is 311 g/mol. The maximum absolute atomic E-state index is 12.9. The number of nitrogens with zero attached hydrogens (tertiary/aromatic N) is 2. The van der Waals surface area contributed by atoms with E-state index in [-0.39, 0.29) is 6.04 Å². The molecule has 1 aliphatic rings. The Morgan fingerprint density at radius 3 is 2.52 bits per heavy atom. The third-order valence-electron chi connectivity index (χ3n) is 4.16. The zero-order valence-corrected chi connectivity index (χ0v) is 14.0. The number of hydrogen-bond donors (Lipinski definition) is 1. The summed E-state index contributed by atoms with van der Waals surface area (Å²) >= 11 is 0. The van der Waals surface area contributed by atoms with Crippen LogP contribution in [0.25, 0.3) is 0 Å². The highest BCUT2D eigenvalue weighted by Crippen LogP contribution is 2.28. The fourth-order valence-corrected chi connectivity index (χ4v) is 4.79. The van der Waals surface area contributed by atoms with Crippen LogP contribution in [-0.4, -0.2) is 57.9 Å². The van der Waals surface area contributed by atoms with Gasteiger partial charge in [-0.2, -0.15) is 4.31 Å². The highest BCUT2D eigenvalue weighted by molar-refractivity contribution is 7.89. The number of likely N-dealkylation sites (N-methyl/N-ethyl adjacent to an activating group) is 1. The summed E-state index contributed by atoms with van der Waals surface area (Å²) in [6, 6.07) is 7.51. The standard InChI is InChI=1S/C15H25N3O2S/c1-12-10-18(11-14(12)17(3)4)21(19,20)15-8-6-5-7-13(15)9-16-2/h5-8,12,14,16H,9-11H2,1-4H3. The molecule has 0 amide bonds. The fourth-order valence-electron chi connectivity index (χ4n) is 3.01. The van der Waals surface area contributed by atoms with E-state index >= 15 is 0 Å². The van der Waals surface area contributed by atoms with E-state index in [1.165, 1.54) is 0 Å². The van der Waals surface area contributed by atoms with E-state index in [2.05, 4.69) is 17.1 Å². The van der Waals surface area contributed by atoms with E-state index in [9.17, 15) is 8.42 Å². The van der Waals surface area contributed by atoms with E-state index in [1.807, 2.05) is 33.3 Å². The van der Waals surface area contributed by atoms with Crippen molar-refractivity contribution in [3.63, 3.8) is 0 Å². The van der Waals surface area contributed by atoms with Crippen molar-refractivity contribution >= 4 is 10.0 Å². The Hall–Kier alpha value is -0.950. The zero-order chi connectivity index (χ0) is 15.6. The lowest BCUT2D eigenvalue weighted by atomic mass is 10.1. The molecule has 21 heavy (non-hydrogen) atoms. The molecule has 1 N–H and O–H groups in total. The van der Waals surface area contributed by atoms with E-state index in [4.69, 9.17) is 0 Å². The molecule has 2 unspecified atom stereocenters. The fraction of sp³-hybridized carbons (Fsp3) is 0.600. The number of sulfonamides is 1. The van der Waals surface area contributed by atoms with Crippen LogP contribution in [0.3, 0.4) is 0 Å². The molecule has 1 aromatic carbocycles. The first-order chi connectivity index (χ1) is 9.87. The molecule has 2 rings (SSSR count). The van der Waals surface area contributed by atoms with Crippen LogP contribution in [0.15, 0.2) is 29.2 Å². The molecule has 1 heterocycles. The minimum Gasteiger partial charge on any atom is -0.316 e. The van der Waals surface area contributed by atoms with Crippen LogP contribution in [0, 0.1) is 5.92 Å². The van der Waals surface area contributed by atoms with Crippen LogP contribution >= 0.6 is 0 Å². The summed E-state index contributed by atoms with van der Waals surface area (Å²) in [5.41, 5.74) is 0.820. The molecule has 6 heteroatoms. The van der Waals surface area contributed by atoms with Crippen molar-refractivity contribution in [1.82, 2.24) is 14.5 Å². The Morgan fingerprint density at radius 2 is 1.95 bits per heavy atom. The smallest absolute Gasteiger partial charge is 0.243 e. The maximum Gasteiger partial charge on any atom is 0.243 e. The molecule has 0 bridgehead atoms. The second kappa shape index (κ2) is 6.44. The molecule has 0 aromatic heterocycles. The van der Waals surface area contributed by atoms with E-state index < -0.39 is 10.0 Å². The van der Waals surface area contributed by atoms with Crippen LogP contribution in [0.4, 0.5) is 0 Å². The Kier molecular flexibility index (Phi) is 5.03. The first-order valence-electron chi connectivity index (χ1n) is 7.27. The van der Waals surface area contributed by atoms with Crippen molar-refractivity contribution in [2.24, 2.45) is 5.92 Å². The Labute approximate surface area is 128 Å². The van der Waals surface area contributed by atoms with Crippen molar-refractivity contribution in [3.8, 4) is 0 Å². The van der Waals surface area contributed by atoms with Gasteiger partial charge in [-0.15, -0.1) is 0 Å². The molecule has 0 saturated carbocycles. The van der Waals surface area contributed by atoms with Crippen LogP contribution in [0.1, 0.15) is 12.5 Å². The molecule has 0 spiro atoms. The number of nitrogens with one attached hydrogen (secondary N) is 1. The summed E-state index contributed by atoms with van der Waals surface area (Å²) < 4.78 is 27.5. The summed E-state index contributed by atoms with van der Waals surface area (Å²) in [5.74, 6) is 0.339. The highest BCUT2D eigenvalue weighted by atomic mass is 32.2. The van der Waals surface area contributed by atoms with E-state index in [0.717, 1.165) is 5.56 Å². The van der Waals surface area contributed by atoms with Gasteiger partial charge >= 0.3 is 0 Å². The summed E-state index contributed by atoms with van der Waals surface area (Å²) in [6.07, 6.45) is 0. The zero-order valence-electron chi connectivity index (χ0n) is 13.2. The largest absolute Gasteiger partial charge is 0.316 e. The van der Waals surface area contributed by atoms with Gasteiger partial charge in [0.15, 0.2) is 0 Å². The maximum atomic E-state index is 12.9. The van der Waals surface area contributed by atoms with Crippen molar-refractivity contribution in [2.45, 2.75) is 24.4 Å². The van der Waals surface area contributed by atoms with Gasteiger partial charge in [0.1, 0.15) is 0 Å². The van der Waals surface area contributed by atoms with Gasteiger partial charge in [0.2, 0.25) is 10.0 Å². The predicted molar refractivity (Wildman–Crippen MR) is 84.6 cm³/mol. The van der Waals surface area contributed by atoms with E-state index in [0.29, 0.717) is 30.4 Å². The first-order valence-corrected chi connectivity index (χ1v) is 8.71. The van der Waals surface area contributed by atoms with Crippen LogP contribution < -0.4 is 5.32 Å². The molecular formula is C15H25N3O2S. The summed E-state index contributed by atoms with van der Waals surface area (Å²) in [4.78, 5) is 2.53. The molecule has 0 radical (unpaired) electrons. The average Bonchev–Trinajstić information content (AvgIpc) is 2.82. The SMILES string of the molecule is CNCc1ccccc1S(=O)(=O)N1CC(C)C(N(C)C)C1. The molecule has 5 nitrogen and oxygen atoms in total. The van der Waals surface area contributed by atoms with Crippen LogP contribution in [-0.2, 0) is 16.6 Å². The van der Waals surface area contributed by atoms with Gasteiger partial charge in [-0.25, -0.2) is 8.42 Å². The minimum absolute atomic E-state index is 0.274. The van der Waals surface area contributed by atoms with Gasteiger partial charge in [0, 0.05) is 25.7 Å². The van der Waals surface area contributed by atoms with Gasteiger partial charge in [-0.05, 0) is 38.7 Å². The molecule has 1 fully saturated rings. The summed E-state index contributed by atoms with van der Waals surface area (Å²) in [7, 11) is 2.41. The number of benzene rings is 1. The minimum atomic E-state index is -3.42. The van der Waals surface area contributed by atoms with Crippen LogP contribution in [0.5, 0.6) is 0 Å². The van der Waals surface area contributed by atoms with Gasteiger partial charge in [0.05, 0.1) is 4.90 Å². The topological polar surface area (TPSA) is 52.7 Å². The third kappa shape index (κ3) is 3.29. The lowest BCUT2D eigenvalue weighted by Crippen LogP contribution is -2.36. The predicted octanol–water partition coefficient (Wildman–Crippen LogP) is 0.977. The molecule has 1 aliphatic heterocycles. The molecule has 1 saturated heterocycles. The normalized spacial score (nSPS) is 23.9. The second-order valence-electron chi connectivity index (χ2n) is 5.97. The Bertz CT molecular complexity index is 586. The first kappa shape index (κ1) is 16.4. The highest BCUT2D eigenvalue weighted by Gasteiger charge is 2.38. The molecule has 118 valence electrons. The quantitative estimate of drug-likeness (QED) is 0.881. The van der Waals surface area contributed by atoms with Gasteiger partial charge in [-0.1, -0.05) is 25.1 Å². The third-order valence-corrected chi connectivity index (χ3v) is 6.09. The van der Waals surface area contributed by atoms with Crippen molar-refractivity contribution in [3.05, 3.63) is 29.8 Å². The van der Waals surface area contributed by atoms with Crippen molar-refractivity contribution in [1.29, 1.82) is 0 Å². The number of rotatable bonds is 5. The number of hydrogen-bond acceptors (Lipinski definition) is 4. The Balaban J connectivity index is 2.31. The lowest BCUT2D eigenvalue weighted by molar-refractivity contribution is 0.263. The van der Waals surface area contributed by atoms with Gasteiger partial charge < -0.3 is 10.2 Å². The van der Waals surface area contributed by atoms with E-state index in [1.54, 1.807) is 16.4 Å². The van der Waals surface area contributed by atoms with Gasteiger partial charge in [0.25, 0.3) is 0 Å². The Morgan fingerprint density at radius 1 is 1.29 bits per heavy atom. The lowest BCUT2D eigenvalue weighted by Gasteiger charge is -2.22. The summed E-state index contributed by atoms with van der Waals surface area (Å²) in [6.45, 7) is 3.80. The van der Waals surface area contributed by atoms with Gasteiger partial charge in [-0.3, -0.25) is 0 Å². The molecule has 0 aliphatic carbocycles. The average molecular weight is 311 g/mol. The van der Waals surface area contributed by atoms with Crippen molar-refractivity contribution in [2.75, 3.05) is 34.2 Å². The summed E-state index contributed by atoms with van der Waals surface area (Å²) in [5, 5.41) is 3.03. The molecular weight excluding hydrogens is 286 g/mol.